The van der Waals surface area contributed by atoms with E-state index in [4.69, 9.17) is 4.74 Å². The molecule has 0 bridgehead atoms. The maximum atomic E-state index is 11.0. The van der Waals surface area contributed by atoms with Crippen molar-refractivity contribution < 1.29 is 9.53 Å². The molecule has 0 fully saturated rings. The molecular weight excluding hydrogens is 236 g/mol. The zero-order chi connectivity index (χ0) is 9.68. The highest BCUT2D eigenvalue weighted by atomic mass is 79.9. The fourth-order valence-electron chi connectivity index (χ4n) is 0.771. The fraction of sp³-hybridized carbons (Fsp3) is 0.375. The highest BCUT2D eigenvalue weighted by Crippen LogP contribution is 2.04. The third-order valence-corrected chi connectivity index (χ3v) is 1.69. The van der Waals surface area contributed by atoms with E-state index in [1.807, 2.05) is 0 Å². The molecule has 70 valence electrons. The molecular formula is C8H9BrN2O2. The standard InChI is InChI=1S/C8H9BrN2O2/c1-2-13-8(12)3-7-10-4-6(9)5-11-7/h4-5H,2-3H2,1H3. The van der Waals surface area contributed by atoms with Gasteiger partial charge in [-0.1, -0.05) is 0 Å². The van der Waals surface area contributed by atoms with Crippen molar-refractivity contribution in [3.8, 4) is 0 Å². The first-order chi connectivity index (χ1) is 6.22. The monoisotopic (exact) mass is 244 g/mol. The van der Waals surface area contributed by atoms with Gasteiger partial charge in [0.2, 0.25) is 0 Å². The van der Waals surface area contributed by atoms with Gasteiger partial charge < -0.3 is 4.74 Å². The van der Waals surface area contributed by atoms with Crippen LogP contribution in [0.4, 0.5) is 0 Å². The summed E-state index contributed by atoms with van der Waals surface area (Å²) >= 11 is 3.20. The molecule has 5 heteroatoms. The van der Waals surface area contributed by atoms with Crippen molar-refractivity contribution in [2.24, 2.45) is 0 Å². The van der Waals surface area contributed by atoms with E-state index in [9.17, 15) is 4.79 Å². The molecule has 0 radical (unpaired) electrons. The molecule has 0 saturated heterocycles. The van der Waals surface area contributed by atoms with Gasteiger partial charge in [0.05, 0.1) is 11.1 Å². The maximum Gasteiger partial charge on any atom is 0.313 e. The molecule has 1 rings (SSSR count). The van der Waals surface area contributed by atoms with Crippen LogP contribution in [0, 0.1) is 0 Å². The highest BCUT2D eigenvalue weighted by molar-refractivity contribution is 9.10. The Morgan fingerprint density at radius 3 is 2.69 bits per heavy atom. The topological polar surface area (TPSA) is 52.1 Å². The minimum atomic E-state index is -0.301. The number of hydrogen-bond donors (Lipinski definition) is 0. The van der Waals surface area contributed by atoms with Crippen LogP contribution < -0.4 is 0 Å². The van der Waals surface area contributed by atoms with Crippen LogP contribution in [0.25, 0.3) is 0 Å². The molecule has 0 aliphatic heterocycles. The van der Waals surface area contributed by atoms with Crippen LogP contribution in [-0.2, 0) is 16.0 Å². The zero-order valence-electron chi connectivity index (χ0n) is 7.16. The lowest BCUT2D eigenvalue weighted by Gasteiger charge is -1.99. The average molecular weight is 245 g/mol. The summed E-state index contributed by atoms with van der Waals surface area (Å²) < 4.78 is 5.54. The second-order valence-electron chi connectivity index (χ2n) is 2.30. The van der Waals surface area contributed by atoms with Crippen molar-refractivity contribution in [3.05, 3.63) is 22.7 Å². The molecule has 4 nitrogen and oxygen atoms in total. The summed E-state index contributed by atoms with van der Waals surface area (Å²) in [6, 6.07) is 0. The largest absolute Gasteiger partial charge is 0.466 e. The molecule has 0 aromatic carbocycles. The summed E-state index contributed by atoms with van der Waals surface area (Å²) in [4.78, 5) is 18.9. The van der Waals surface area contributed by atoms with Crippen molar-refractivity contribution in [1.82, 2.24) is 9.97 Å². The number of rotatable bonds is 3. The first-order valence-electron chi connectivity index (χ1n) is 3.84. The second-order valence-corrected chi connectivity index (χ2v) is 3.21. The highest BCUT2D eigenvalue weighted by Gasteiger charge is 2.05. The van der Waals surface area contributed by atoms with Gasteiger partial charge in [-0.25, -0.2) is 9.97 Å². The Balaban J connectivity index is 2.54. The quantitative estimate of drug-likeness (QED) is 0.754. The van der Waals surface area contributed by atoms with E-state index < -0.39 is 0 Å². The fourth-order valence-corrected chi connectivity index (χ4v) is 0.976. The van der Waals surface area contributed by atoms with Gasteiger partial charge in [-0.3, -0.25) is 4.79 Å². The van der Waals surface area contributed by atoms with Crippen LogP contribution in [0.1, 0.15) is 12.7 Å². The molecule has 0 spiro atoms. The van der Waals surface area contributed by atoms with Crippen molar-refractivity contribution in [2.75, 3.05) is 6.61 Å². The number of ether oxygens (including phenoxy) is 1. The van der Waals surface area contributed by atoms with Gasteiger partial charge in [0.15, 0.2) is 0 Å². The Morgan fingerprint density at radius 2 is 2.15 bits per heavy atom. The van der Waals surface area contributed by atoms with E-state index in [1.54, 1.807) is 19.3 Å². The van der Waals surface area contributed by atoms with Crippen LogP contribution in [0.5, 0.6) is 0 Å². The first kappa shape index (κ1) is 10.1. The van der Waals surface area contributed by atoms with Gasteiger partial charge in [0.1, 0.15) is 12.2 Å². The summed E-state index contributed by atoms with van der Waals surface area (Å²) in [5.74, 6) is 0.173. The molecule has 0 amide bonds. The Labute approximate surface area is 84.5 Å². The maximum absolute atomic E-state index is 11.0. The number of aromatic nitrogens is 2. The minimum Gasteiger partial charge on any atom is -0.466 e. The Morgan fingerprint density at radius 1 is 1.54 bits per heavy atom. The predicted molar refractivity (Wildman–Crippen MR) is 50.1 cm³/mol. The summed E-state index contributed by atoms with van der Waals surface area (Å²) in [6.45, 7) is 2.15. The molecule has 0 aliphatic carbocycles. The molecule has 0 aliphatic rings. The number of carbonyl (C=O) groups excluding carboxylic acids is 1. The lowest BCUT2D eigenvalue weighted by Crippen LogP contribution is -2.09. The summed E-state index contributed by atoms with van der Waals surface area (Å²) in [5, 5.41) is 0. The van der Waals surface area contributed by atoms with E-state index in [0.29, 0.717) is 12.4 Å². The smallest absolute Gasteiger partial charge is 0.313 e. The summed E-state index contributed by atoms with van der Waals surface area (Å²) in [6.07, 6.45) is 3.32. The van der Waals surface area contributed by atoms with E-state index in [0.717, 1.165) is 4.47 Å². The lowest BCUT2D eigenvalue weighted by molar-refractivity contribution is -0.142. The van der Waals surface area contributed by atoms with Gasteiger partial charge >= 0.3 is 5.97 Å². The lowest BCUT2D eigenvalue weighted by atomic mass is 10.4. The molecule has 1 heterocycles. The van der Waals surface area contributed by atoms with Crippen molar-refractivity contribution >= 4 is 21.9 Å². The van der Waals surface area contributed by atoms with E-state index in [2.05, 4.69) is 25.9 Å². The predicted octanol–water partition coefficient (Wildman–Crippen LogP) is 1.34. The van der Waals surface area contributed by atoms with E-state index in [1.165, 1.54) is 0 Å². The van der Waals surface area contributed by atoms with Crippen LogP contribution in [0.15, 0.2) is 16.9 Å². The third-order valence-electron chi connectivity index (χ3n) is 1.28. The molecule has 1 aromatic rings. The Hall–Kier alpha value is -0.970. The molecule has 1 aromatic heterocycles. The van der Waals surface area contributed by atoms with Gasteiger partial charge in [-0.05, 0) is 22.9 Å². The number of carbonyl (C=O) groups is 1. The van der Waals surface area contributed by atoms with Crippen molar-refractivity contribution in [3.63, 3.8) is 0 Å². The molecule has 13 heavy (non-hydrogen) atoms. The Bertz CT molecular complexity index is 287. The normalized spacial score (nSPS) is 9.69. The van der Waals surface area contributed by atoms with Crippen LogP contribution >= 0.6 is 15.9 Å². The van der Waals surface area contributed by atoms with Crippen LogP contribution in [0.2, 0.25) is 0 Å². The first-order valence-corrected chi connectivity index (χ1v) is 4.63. The molecule has 0 saturated carbocycles. The molecule has 0 unspecified atom stereocenters. The number of halogens is 1. The van der Waals surface area contributed by atoms with Gasteiger partial charge in [0, 0.05) is 12.4 Å². The summed E-state index contributed by atoms with van der Waals surface area (Å²) in [5.41, 5.74) is 0. The Kier molecular flexibility index (Phi) is 3.82. The summed E-state index contributed by atoms with van der Waals surface area (Å²) in [7, 11) is 0. The van der Waals surface area contributed by atoms with E-state index >= 15 is 0 Å². The van der Waals surface area contributed by atoms with Crippen molar-refractivity contribution in [1.29, 1.82) is 0 Å². The SMILES string of the molecule is CCOC(=O)Cc1ncc(Br)cn1. The number of hydrogen-bond acceptors (Lipinski definition) is 4. The van der Waals surface area contributed by atoms with Gasteiger partial charge in [-0.2, -0.15) is 0 Å². The van der Waals surface area contributed by atoms with Crippen LogP contribution in [0.3, 0.4) is 0 Å². The number of nitrogens with zero attached hydrogens (tertiary/aromatic N) is 2. The van der Waals surface area contributed by atoms with Gasteiger partial charge in [0.25, 0.3) is 0 Å². The van der Waals surface area contributed by atoms with Gasteiger partial charge in [-0.15, -0.1) is 0 Å². The molecule has 0 atom stereocenters. The van der Waals surface area contributed by atoms with Crippen LogP contribution in [-0.4, -0.2) is 22.5 Å². The minimum absolute atomic E-state index is 0.126. The zero-order valence-corrected chi connectivity index (χ0v) is 8.74. The number of esters is 1. The van der Waals surface area contributed by atoms with Crippen molar-refractivity contribution in [2.45, 2.75) is 13.3 Å². The second kappa shape index (κ2) is 4.91. The van der Waals surface area contributed by atoms with E-state index in [-0.39, 0.29) is 12.4 Å². The third kappa shape index (κ3) is 3.50. The molecule has 0 N–H and O–H groups in total. The average Bonchev–Trinajstić information content (AvgIpc) is 2.09.